The highest BCUT2D eigenvalue weighted by Gasteiger charge is 2.15. The van der Waals surface area contributed by atoms with Gasteiger partial charge in [-0.2, -0.15) is 0 Å². The molecule has 3 nitrogen and oxygen atoms in total. The predicted molar refractivity (Wildman–Crippen MR) is 74.5 cm³/mol. The van der Waals surface area contributed by atoms with Crippen molar-refractivity contribution in [3.8, 4) is 11.3 Å². The Labute approximate surface area is 110 Å². The Kier molecular flexibility index (Phi) is 2.52. The summed E-state index contributed by atoms with van der Waals surface area (Å²) in [6, 6.07) is 9.07. The average Bonchev–Trinajstić information content (AvgIpc) is 2.72. The molecule has 0 radical (unpaired) electrons. The first kappa shape index (κ1) is 11.7. The van der Waals surface area contributed by atoms with E-state index >= 15 is 0 Å². The van der Waals surface area contributed by atoms with Crippen molar-refractivity contribution >= 4 is 11.5 Å². The molecule has 0 fully saturated rings. The van der Waals surface area contributed by atoms with E-state index in [4.69, 9.17) is 5.73 Å². The molecule has 0 aliphatic rings. The van der Waals surface area contributed by atoms with Crippen LogP contribution in [0.4, 0.5) is 10.2 Å². The molecule has 4 heteroatoms. The van der Waals surface area contributed by atoms with Gasteiger partial charge in [-0.3, -0.25) is 4.40 Å². The van der Waals surface area contributed by atoms with Crippen LogP contribution in [0.15, 0.2) is 36.5 Å². The third kappa shape index (κ3) is 1.76. The zero-order valence-electron chi connectivity index (χ0n) is 10.8. The number of aromatic nitrogens is 2. The highest BCUT2D eigenvalue weighted by Crippen LogP contribution is 2.30. The second kappa shape index (κ2) is 4.09. The SMILES string of the molecule is Cc1ccc(C)c(-c2nc3c(F)cccn3c2N)c1. The molecule has 2 N–H and O–H groups in total. The Morgan fingerprint density at radius 2 is 2.00 bits per heavy atom. The molecule has 0 amide bonds. The Morgan fingerprint density at radius 3 is 2.74 bits per heavy atom. The Morgan fingerprint density at radius 1 is 1.21 bits per heavy atom. The maximum Gasteiger partial charge on any atom is 0.175 e. The fourth-order valence-electron chi connectivity index (χ4n) is 2.24. The minimum absolute atomic E-state index is 0.260. The van der Waals surface area contributed by atoms with Crippen molar-refractivity contribution in [1.29, 1.82) is 0 Å². The predicted octanol–water partition coefficient (Wildman–Crippen LogP) is 3.34. The number of fused-ring (bicyclic) bond motifs is 1. The molecule has 0 bridgehead atoms. The number of hydrogen-bond donors (Lipinski definition) is 1. The summed E-state index contributed by atoms with van der Waals surface area (Å²) in [5.74, 6) is 0.0916. The van der Waals surface area contributed by atoms with Gasteiger partial charge in [-0.05, 0) is 37.6 Å². The first-order valence-corrected chi connectivity index (χ1v) is 6.07. The third-order valence-corrected chi connectivity index (χ3v) is 3.29. The number of pyridine rings is 1. The largest absolute Gasteiger partial charge is 0.383 e. The van der Waals surface area contributed by atoms with Crippen molar-refractivity contribution in [2.45, 2.75) is 13.8 Å². The van der Waals surface area contributed by atoms with Gasteiger partial charge in [0.15, 0.2) is 11.5 Å². The zero-order valence-corrected chi connectivity index (χ0v) is 10.8. The minimum Gasteiger partial charge on any atom is -0.383 e. The van der Waals surface area contributed by atoms with Gasteiger partial charge in [0.05, 0.1) is 0 Å². The van der Waals surface area contributed by atoms with Gasteiger partial charge in [0.2, 0.25) is 0 Å². The topological polar surface area (TPSA) is 43.3 Å². The standard InChI is InChI=1S/C15H14FN3/c1-9-5-6-10(2)11(8-9)13-14(17)19-7-3-4-12(16)15(19)18-13/h3-8H,17H2,1-2H3. The molecule has 0 aliphatic carbocycles. The van der Waals surface area contributed by atoms with Gasteiger partial charge in [-0.15, -0.1) is 0 Å². The van der Waals surface area contributed by atoms with E-state index in [0.29, 0.717) is 11.5 Å². The van der Waals surface area contributed by atoms with Crippen LogP contribution < -0.4 is 5.73 Å². The summed E-state index contributed by atoms with van der Waals surface area (Å²) in [6.07, 6.45) is 1.72. The van der Waals surface area contributed by atoms with Gasteiger partial charge in [0, 0.05) is 11.8 Å². The maximum atomic E-state index is 13.7. The molecule has 2 heterocycles. The van der Waals surface area contributed by atoms with Crippen molar-refractivity contribution < 1.29 is 4.39 Å². The summed E-state index contributed by atoms with van der Waals surface area (Å²) in [6.45, 7) is 4.00. The normalized spacial score (nSPS) is 11.1. The number of hydrogen-bond acceptors (Lipinski definition) is 2. The first-order chi connectivity index (χ1) is 9.08. The van der Waals surface area contributed by atoms with Crippen LogP contribution >= 0.6 is 0 Å². The van der Waals surface area contributed by atoms with Crippen LogP contribution in [0.25, 0.3) is 16.9 Å². The van der Waals surface area contributed by atoms with E-state index in [9.17, 15) is 4.39 Å². The molecule has 0 spiro atoms. The fraction of sp³-hybridized carbons (Fsp3) is 0.133. The Bertz CT molecular complexity index is 774. The number of benzene rings is 1. The number of rotatable bonds is 1. The van der Waals surface area contributed by atoms with Crippen molar-refractivity contribution in [1.82, 2.24) is 9.38 Å². The van der Waals surface area contributed by atoms with Gasteiger partial charge < -0.3 is 5.73 Å². The fourth-order valence-corrected chi connectivity index (χ4v) is 2.24. The Balaban J connectivity index is 2.34. The number of aryl methyl sites for hydroxylation is 2. The van der Waals surface area contributed by atoms with Crippen LogP contribution in [0, 0.1) is 19.7 Å². The van der Waals surface area contributed by atoms with Crippen molar-refractivity contribution in [2.75, 3.05) is 5.73 Å². The van der Waals surface area contributed by atoms with Crippen LogP contribution in [0.3, 0.4) is 0 Å². The Hall–Kier alpha value is -2.36. The van der Waals surface area contributed by atoms with Crippen LogP contribution in [-0.2, 0) is 0 Å². The third-order valence-electron chi connectivity index (χ3n) is 3.29. The van der Waals surface area contributed by atoms with E-state index in [1.165, 1.54) is 6.07 Å². The van der Waals surface area contributed by atoms with Crippen LogP contribution in [0.2, 0.25) is 0 Å². The molecule has 19 heavy (non-hydrogen) atoms. The van der Waals surface area contributed by atoms with Gasteiger partial charge in [-0.25, -0.2) is 9.37 Å². The smallest absolute Gasteiger partial charge is 0.175 e. The number of nitrogens with two attached hydrogens (primary N) is 1. The molecule has 0 unspecified atom stereocenters. The lowest BCUT2D eigenvalue weighted by molar-refractivity contribution is 0.630. The summed E-state index contributed by atoms with van der Waals surface area (Å²) < 4.78 is 15.3. The maximum absolute atomic E-state index is 13.7. The number of nitrogens with zero attached hydrogens (tertiary/aromatic N) is 2. The summed E-state index contributed by atoms with van der Waals surface area (Å²) in [5, 5.41) is 0. The van der Waals surface area contributed by atoms with Crippen molar-refractivity contribution in [3.63, 3.8) is 0 Å². The van der Waals surface area contributed by atoms with Crippen LogP contribution in [0.1, 0.15) is 11.1 Å². The number of anilines is 1. The van der Waals surface area contributed by atoms with Gasteiger partial charge in [-0.1, -0.05) is 17.7 Å². The highest BCUT2D eigenvalue weighted by atomic mass is 19.1. The first-order valence-electron chi connectivity index (χ1n) is 6.07. The van der Waals surface area contributed by atoms with E-state index in [-0.39, 0.29) is 11.5 Å². The summed E-state index contributed by atoms with van der Waals surface area (Å²) in [7, 11) is 0. The number of halogens is 1. The molecular weight excluding hydrogens is 241 g/mol. The van der Waals surface area contributed by atoms with E-state index < -0.39 is 0 Å². The number of nitrogen functional groups attached to an aromatic ring is 1. The molecular formula is C15H14FN3. The minimum atomic E-state index is -0.370. The lowest BCUT2D eigenvalue weighted by atomic mass is 10.0. The monoisotopic (exact) mass is 255 g/mol. The second-order valence-electron chi connectivity index (χ2n) is 4.71. The quantitative estimate of drug-likeness (QED) is 0.724. The molecule has 0 saturated carbocycles. The molecule has 0 aliphatic heterocycles. The summed E-state index contributed by atoms with van der Waals surface area (Å²) in [5.41, 5.74) is 10.1. The van der Waals surface area contributed by atoms with Crippen LogP contribution in [0.5, 0.6) is 0 Å². The highest BCUT2D eigenvalue weighted by molar-refractivity contribution is 5.77. The molecule has 96 valence electrons. The van der Waals surface area contributed by atoms with E-state index in [1.54, 1.807) is 16.7 Å². The summed E-state index contributed by atoms with van der Waals surface area (Å²) in [4.78, 5) is 4.35. The van der Waals surface area contributed by atoms with E-state index in [0.717, 1.165) is 16.7 Å². The van der Waals surface area contributed by atoms with Gasteiger partial charge in [0.25, 0.3) is 0 Å². The lowest BCUT2D eigenvalue weighted by Crippen LogP contribution is -1.95. The van der Waals surface area contributed by atoms with Crippen LogP contribution in [-0.4, -0.2) is 9.38 Å². The van der Waals surface area contributed by atoms with E-state index in [1.807, 2.05) is 32.0 Å². The summed E-state index contributed by atoms with van der Waals surface area (Å²) >= 11 is 0. The van der Waals surface area contributed by atoms with Crippen molar-refractivity contribution in [2.24, 2.45) is 0 Å². The zero-order chi connectivity index (χ0) is 13.6. The van der Waals surface area contributed by atoms with Gasteiger partial charge in [0.1, 0.15) is 11.5 Å². The van der Waals surface area contributed by atoms with E-state index in [2.05, 4.69) is 4.98 Å². The van der Waals surface area contributed by atoms with Crippen molar-refractivity contribution in [3.05, 3.63) is 53.5 Å². The lowest BCUT2D eigenvalue weighted by Gasteiger charge is -2.05. The average molecular weight is 255 g/mol. The molecule has 3 rings (SSSR count). The van der Waals surface area contributed by atoms with Gasteiger partial charge >= 0.3 is 0 Å². The second-order valence-corrected chi connectivity index (χ2v) is 4.71. The molecule has 2 aromatic heterocycles. The molecule has 3 aromatic rings. The molecule has 0 atom stereocenters. The molecule has 0 saturated heterocycles. The number of imidazole rings is 1. The molecule has 1 aromatic carbocycles.